The molecule has 1 aliphatic rings. The number of ether oxygens (including phenoxy) is 1. The first-order valence-electron chi connectivity index (χ1n) is 6.84. The molecule has 1 aromatic rings. The van der Waals surface area contributed by atoms with Crippen molar-refractivity contribution in [2.24, 2.45) is 0 Å². The molecule has 7 nitrogen and oxygen atoms in total. The smallest absolute Gasteiger partial charge is 0.252 e. The molecule has 1 aliphatic heterocycles. The first kappa shape index (κ1) is 14.9. The van der Waals surface area contributed by atoms with Crippen LogP contribution in [-0.2, 0) is 16.1 Å². The molecule has 1 atom stereocenters. The van der Waals surface area contributed by atoms with Crippen molar-refractivity contribution in [3.05, 3.63) is 11.8 Å². The van der Waals surface area contributed by atoms with Crippen molar-refractivity contribution in [3.63, 3.8) is 0 Å². The van der Waals surface area contributed by atoms with Gasteiger partial charge >= 0.3 is 0 Å². The van der Waals surface area contributed by atoms with Crippen molar-refractivity contribution >= 4 is 5.91 Å². The lowest BCUT2D eigenvalue weighted by Crippen LogP contribution is -2.49. The molecular weight excluding hydrogens is 260 g/mol. The molecule has 2 rings (SSSR count). The highest BCUT2D eigenvalue weighted by molar-refractivity contribution is 5.80. The molecule has 1 aromatic heterocycles. The molecule has 0 unspecified atom stereocenters. The lowest BCUT2D eigenvalue weighted by atomic mass is 10.2. The molecule has 0 saturated carbocycles. The average Bonchev–Trinajstić information content (AvgIpc) is 2.86. The highest BCUT2D eigenvalue weighted by atomic mass is 16.5. The molecule has 0 N–H and O–H groups in total. The van der Waals surface area contributed by atoms with Gasteiger partial charge in [0, 0.05) is 33.1 Å². The third kappa shape index (κ3) is 3.55. The molecule has 7 heteroatoms. The first-order valence-corrected chi connectivity index (χ1v) is 6.84. The van der Waals surface area contributed by atoms with E-state index in [9.17, 15) is 4.79 Å². The fraction of sp³-hybridized carbons (Fsp3) is 0.769. The van der Waals surface area contributed by atoms with Crippen molar-refractivity contribution in [1.29, 1.82) is 0 Å². The lowest BCUT2D eigenvalue weighted by molar-refractivity contribution is -0.147. The van der Waals surface area contributed by atoms with Crippen molar-refractivity contribution in [3.8, 4) is 0 Å². The van der Waals surface area contributed by atoms with Crippen molar-refractivity contribution in [2.75, 3.05) is 33.8 Å². The summed E-state index contributed by atoms with van der Waals surface area (Å²) in [6.45, 7) is 6.43. The van der Waals surface area contributed by atoms with Gasteiger partial charge in [0.2, 0.25) is 11.8 Å². The molecule has 0 aliphatic carbocycles. The van der Waals surface area contributed by atoms with E-state index in [1.807, 2.05) is 13.8 Å². The van der Waals surface area contributed by atoms with Gasteiger partial charge < -0.3 is 14.1 Å². The molecule has 1 amide bonds. The Bertz CT molecular complexity index is 458. The van der Waals surface area contributed by atoms with Crippen molar-refractivity contribution in [2.45, 2.75) is 32.4 Å². The molecule has 112 valence electrons. The van der Waals surface area contributed by atoms with Gasteiger partial charge in [0.05, 0.1) is 13.2 Å². The van der Waals surface area contributed by atoms with Gasteiger partial charge in [0.25, 0.3) is 5.91 Å². The van der Waals surface area contributed by atoms with Crippen LogP contribution in [0.25, 0.3) is 0 Å². The summed E-state index contributed by atoms with van der Waals surface area (Å²) in [7, 11) is 3.47. The summed E-state index contributed by atoms with van der Waals surface area (Å²) in [5.41, 5.74) is 0. The van der Waals surface area contributed by atoms with Gasteiger partial charge in [-0.2, -0.15) is 0 Å². The molecule has 2 heterocycles. The van der Waals surface area contributed by atoms with Crippen LogP contribution in [0.2, 0.25) is 0 Å². The van der Waals surface area contributed by atoms with E-state index < -0.39 is 6.10 Å². The normalized spacial score (nSPS) is 20.4. The zero-order valence-corrected chi connectivity index (χ0v) is 12.5. The SMILES string of the molecule is CC(C)c1nnc(CN2CCO[C@@H](C(=O)N(C)C)C2)o1. The number of likely N-dealkylation sites (N-methyl/N-ethyl adjacent to an activating group) is 1. The third-order valence-corrected chi connectivity index (χ3v) is 3.20. The Morgan fingerprint density at radius 3 is 2.80 bits per heavy atom. The summed E-state index contributed by atoms with van der Waals surface area (Å²) in [5, 5.41) is 8.06. The number of hydrogen-bond donors (Lipinski definition) is 0. The van der Waals surface area contributed by atoms with E-state index in [0.29, 0.717) is 31.5 Å². The summed E-state index contributed by atoms with van der Waals surface area (Å²) < 4.78 is 11.1. The number of morpholine rings is 1. The Morgan fingerprint density at radius 1 is 1.45 bits per heavy atom. The number of rotatable bonds is 4. The summed E-state index contributed by atoms with van der Waals surface area (Å²) in [5.74, 6) is 1.45. The number of hydrogen-bond acceptors (Lipinski definition) is 6. The topological polar surface area (TPSA) is 71.7 Å². The largest absolute Gasteiger partial charge is 0.424 e. The quantitative estimate of drug-likeness (QED) is 0.800. The van der Waals surface area contributed by atoms with Crippen molar-refractivity contribution < 1.29 is 13.9 Å². The number of aromatic nitrogens is 2. The maximum atomic E-state index is 11.9. The van der Waals surface area contributed by atoms with E-state index in [1.54, 1.807) is 19.0 Å². The fourth-order valence-corrected chi connectivity index (χ4v) is 2.04. The van der Waals surface area contributed by atoms with Crippen LogP contribution in [0.3, 0.4) is 0 Å². The van der Waals surface area contributed by atoms with Gasteiger partial charge in [0.1, 0.15) is 6.10 Å². The van der Waals surface area contributed by atoms with Gasteiger partial charge in [-0.05, 0) is 0 Å². The Kier molecular flexibility index (Phi) is 4.72. The maximum Gasteiger partial charge on any atom is 0.252 e. The maximum absolute atomic E-state index is 11.9. The molecule has 1 saturated heterocycles. The van der Waals surface area contributed by atoms with Crippen LogP contribution in [0.1, 0.15) is 31.5 Å². The Balaban J connectivity index is 1.93. The second-order valence-electron chi connectivity index (χ2n) is 5.52. The van der Waals surface area contributed by atoms with E-state index in [1.165, 1.54) is 0 Å². The van der Waals surface area contributed by atoms with E-state index in [4.69, 9.17) is 9.15 Å². The Labute approximate surface area is 118 Å². The van der Waals surface area contributed by atoms with Crippen LogP contribution in [0.5, 0.6) is 0 Å². The van der Waals surface area contributed by atoms with E-state index in [0.717, 1.165) is 6.54 Å². The summed E-state index contributed by atoms with van der Waals surface area (Å²) >= 11 is 0. The third-order valence-electron chi connectivity index (χ3n) is 3.20. The van der Waals surface area contributed by atoms with Crippen LogP contribution in [0, 0.1) is 0 Å². The predicted molar refractivity (Wildman–Crippen MR) is 72.1 cm³/mol. The Hall–Kier alpha value is -1.47. The van der Waals surface area contributed by atoms with Gasteiger partial charge in [0.15, 0.2) is 0 Å². The summed E-state index contributed by atoms with van der Waals surface area (Å²) in [6.07, 6.45) is -0.411. The molecule has 20 heavy (non-hydrogen) atoms. The van der Waals surface area contributed by atoms with Crippen LogP contribution in [0.15, 0.2) is 4.42 Å². The molecule has 0 bridgehead atoms. The zero-order valence-electron chi connectivity index (χ0n) is 12.5. The van der Waals surface area contributed by atoms with E-state index >= 15 is 0 Å². The van der Waals surface area contributed by atoms with Crippen LogP contribution < -0.4 is 0 Å². The zero-order chi connectivity index (χ0) is 14.7. The van der Waals surface area contributed by atoms with Gasteiger partial charge in [-0.25, -0.2) is 0 Å². The van der Waals surface area contributed by atoms with Gasteiger partial charge in [-0.3, -0.25) is 9.69 Å². The lowest BCUT2D eigenvalue weighted by Gasteiger charge is -2.32. The molecule has 0 aromatic carbocycles. The van der Waals surface area contributed by atoms with E-state index in [-0.39, 0.29) is 11.8 Å². The highest BCUT2D eigenvalue weighted by Gasteiger charge is 2.28. The van der Waals surface area contributed by atoms with E-state index in [2.05, 4.69) is 15.1 Å². The number of nitrogens with zero attached hydrogens (tertiary/aromatic N) is 4. The fourth-order valence-electron chi connectivity index (χ4n) is 2.04. The second kappa shape index (κ2) is 6.32. The first-order chi connectivity index (χ1) is 9.47. The van der Waals surface area contributed by atoms with Crippen LogP contribution in [0.4, 0.5) is 0 Å². The summed E-state index contributed by atoms with van der Waals surface area (Å²) in [6, 6.07) is 0. The van der Waals surface area contributed by atoms with Crippen molar-refractivity contribution in [1.82, 2.24) is 20.0 Å². The van der Waals surface area contributed by atoms with Crippen LogP contribution in [-0.4, -0.2) is 65.8 Å². The molecule has 0 spiro atoms. The van der Waals surface area contributed by atoms with Gasteiger partial charge in [-0.1, -0.05) is 13.8 Å². The monoisotopic (exact) mass is 282 g/mol. The summed E-state index contributed by atoms with van der Waals surface area (Å²) in [4.78, 5) is 15.6. The standard InChI is InChI=1S/C13H22N4O3/c1-9(2)12-15-14-11(20-12)8-17-5-6-19-10(7-17)13(18)16(3)4/h9-10H,5-8H2,1-4H3/t10-/m1/s1. The predicted octanol–water partition coefficient (Wildman–Crippen LogP) is 0.482. The number of carbonyl (C=O) groups excluding carboxylic acids is 1. The second-order valence-corrected chi connectivity index (χ2v) is 5.52. The van der Waals surface area contributed by atoms with Gasteiger partial charge in [-0.15, -0.1) is 10.2 Å². The molecule has 0 radical (unpaired) electrons. The minimum atomic E-state index is -0.411. The van der Waals surface area contributed by atoms with Crippen LogP contribution >= 0.6 is 0 Å². The average molecular weight is 282 g/mol. The minimum Gasteiger partial charge on any atom is -0.424 e. The molecular formula is C13H22N4O3. The number of carbonyl (C=O) groups is 1. The minimum absolute atomic E-state index is 0.0110. The highest BCUT2D eigenvalue weighted by Crippen LogP contribution is 2.15. The number of amides is 1. The molecule has 1 fully saturated rings. The Morgan fingerprint density at radius 2 is 2.20 bits per heavy atom.